The third-order valence-electron chi connectivity index (χ3n) is 4.28. The second kappa shape index (κ2) is 6.23. The van der Waals surface area contributed by atoms with Crippen molar-refractivity contribution in [2.75, 3.05) is 0 Å². The third-order valence-corrected chi connectivity index (χ3v) is 4.28. The van der Waals surface area contributed by atoms with Crippen LogP contribution in [-0.4, -0.2) is 5.11 Å². The lowest BCUT2D eigenvalue weighted by Crippen LogP contribution is -2.01. The van der Waals surface area contributed by atoms with Gasteiger partial charge in [-0.05, 0) is 54.0 Å². The van der Waals surface area contributed by atoms with Gasteiger partial charge in [-0.3, -0.25) is 0 Å². The van der Waals surface area contributed by atoms with Crippen molar-refractivity contribution in [1.29, 1.82) is 0 Å². The van der Waals surface area contributed by atoms with E-state index in [9.17, 15) is 5.11 Å². The maximum absolute atomic E-state index is 10.5. The van der Waals surface area contributed by atoms with Crippen LogP contribution < -0.4 is 0 Å². The largest absolute Gasteiger partial charge is 0.384 e. The lowest BCUT2D eigenvalue weighted by atomic mass is 9.94. The van der Waals surface area contributed by atoms with Gasteiger partial charge in [0.15, 0.2) is 0 Å². The Morgan fingerprint density at radius 2 is 1.40 bits per heavy atom. The summed E-state index contributed by atoms with van der Waals surface area (Å²) < 4.78 is 0. The number of hydrogen-bond donors (Lipinski definition) is 1. The fraction of sp³-hybridized carbons (Fsp3) is 0.368. The molecule has 0 amide bonds. The van der Waals surface area contributed by atoms with Gasteiger partial charge >= 0.3 is 0 Å². The Kier molecular flexibility index (Phi) is 4.61. The van der Waals surface area contributed by atoms with Crippen molar-refractivity contribution < 1.29 is 5.11 Å². The lowest BCUT2D eigenvalue weighted by molar-refractivity contribution is 0.220. The predicted octanol–water partition coefficient (Wildman–Crippen LogP) is 4.90. The molecule has 1 nitrogen and oxygen atoms in total. The normalized spacial score (nSPS) is 14.1. The molecule has 0 aliphatic carbocycles. The van der Waals surface area contributed by atoms with Gasteiger partial charge in [-0.25, -0.2) is 0 Å². The van der Waals surface area contributed by atoms with Gasteiger partial charge in [0.2, 0.25) is 0 Å². The zero-order valence-corrected chi connectivity index (χ0v) is 12.9. The van der Waals surface area contributed by atoms with E-state index < -0.39 is 6.10 Å². The van der Waals surface area contributed by atoms with Gasteiger partial charge in [0.1, 0.15) is 6.10 Å². The zero-order chi connectivity index (χ0) is 14.7. The highest BCUT2D eigenvalue weighted by molar-refractivity contribution is 5.37. The van der Waals surface area contributed by atoms with Crippen LogP contribution in [0.1, 0.15) is 60.1 Å². The van der Waals surface area contributed by atoms with E-state index in [1.807, 2.05) is 18.2 Å². The SMILES string of the molecule is CCC(C)c1ccc(C(O)c2ccc(C)c(C)c2)cc1. The predicted molar refractivity (Wildman–Crippen MR) is 85.1 cm³/mol. The molecule has 0 saturated heterocycles. The number of aliphatic hydroxyl groups excluding tert-OH is 1. The first-order valence-electron chi connectivity index (χ1n) is 7.38. The molecule has 2 aromatic carbocycles. The van der Waals surface area contributed by atoms with Crippen molar-refractivity contribution in [3.05, 3.63) is 70.3 Å². The molecule has 2 unspecified atom stereocenters. The Bertz CT molecular complexity index is 569. The Hall–Kier alpha value is -1.60. The van der Waals surface area contributed by atoms with Gasteiger partial charge in [0, 0.05) is 0 Å². The number of hydrogen-bond acceptors (Lipinski definition) is 1. The maximum atomic E-state index is 10.5. The summed E-state index contributed by atoms with van der Waals surface area (Å²) in [4.78, 5) is 0. The molecule has 0 aliphatic rings. The lowest BCUT2D eigenvalue weighted by Gasteiger charge is -2.15. The fourth-order valence-electron chi connectivity index (χ4n) is 2.37. The van der Waals surface area contributed by atoms with Crippen LogP contribution in [-0.2, 0) is 0 Å². The molecule has 1 heteroatoms. The van der Waals surface area contributed by atoms with Crippen LogP contribution in [0.15, 0.2) is 42.5 Å². The summed E-state index contributed by atoms with van der Waals surface area (Å²) in [5, 5.41) is 10.5. The van der Waals surface area contributed by atoms with Crippen molar-refractivity contribution in [2.24, 2.45) is 0 Å². The average molecular weight is 268 g/mol. The van der Waals surface area contributed by atoms with E-state index in [0.29, 0.717) is 5.92 Å². The van der Waals surface area contributed by atoms with Crippen LogP contribution >= 0.6 is 0 Å². The molecule has 2 atom stereocenters. The molecule has 0 saturated carbocycles. The summed E-state index contributed by atoms with van der Waals surface area (Å²) in [6.07, 6.45) is 0.597. The van der Waals surface area contributed by atoms with Crippen LogP contribution in [0.3, 0.4) is 0 Å². The Balaban J connectivity index is 2.24. The molecule has 2 aromatic rings. The minimum Gasteiger partial charge on any atom is -0.384 e. The van der Waals surface area contributed by atoms with Crippen molar-refractivity contribution in [3.8, 4) is 0 Å². The molecule has 1 N–H and O–H groups in total. The van der Waals surface area contributed by atoms with Gasteiger partial charge in [-0.15, -0.1) is 0 Å². The number of rotatable bonds is 4. The molecule has 106 valence electrons. The Morgan fingerprint density at radius 3 is 1.95 bits per heavy atom. The fourth-order valence-corrected chi connectivity index (χ4v) is 2.37. The van der Waals surface area contributed by atoms with Crippen LogP contribution in [0.4, 0.5) is 0 Å². The molecule has 0 aromatic heterocycles. The van der Waals surface area contributed by atoms with Gasteiger partial charge < -0.3 is 5.11 Å². The van der Waals surface area contributed by atoms with E-state index >= 15 is 0 Å². The van der Waals surface area contributed by atoms with Crippen LogP contribution in [0.25, 0.3) is 0 Å². The van der Waals surface area contributed by atoms with E-state index in [1.54, 1.807) is 0 Å². The first-order chi connectivity index (χ1) is 9.52. The smallest absolute Gasteiger partial charge is 0.104 e. The highest BCUT2D eigenvalue weighted by Crippen LogP contribution is 2.26. The van der Waals surface area contributed by atoms with Gasteiger partial charge in [0.25, 0.3) is 0 Å². The summed E-state index contributed by atoms with van der Waals surface area (Å²) in [5.74, 6) is 0.572. The van der Waals surface area contributed by atoms with E-state index in [2.05, 4.69) is 52.0 Å². The summed E-state index contributed by atoms with van der Waals surface area (Å²) in [5.41, 5.74) is 5.74. The van der Waals surface area contributed by atoms with E-state index in [-0.39, 0.29) is 0 Å². The summed E-state index contributed by atoms with van der Waals surface area (Å²) in [6, 6.07) is 14.5. The second-order valence-corrected chi connectivity index (χ2v) is 5.72. The maximum Gasteiger partial charge on any atom is 0.104 e. The van der Waals surface area contributed by atoms with E-state index in [0.717, 1.165) is 17.5 Å². The highest BCUT2D eigenvalue weighted by atomic mass is 16.3. The topological polar surface area (TPSA) is 20.2 Å². The zero-order valence-electron chi connectivity index (χ0n) is 12.9. The summed E-state index contributed by atoms with van der Waals surface area (Å²) in [6.45, 7) is 8.60. The first-order valence-corrected chi connectivity index (χ1v) is 7.38. The Labute approximate surface area is 122 Å². The van der Waals surface area contributed by atoms with Crippen molar-refractivity contribution >= 4 is 0 Å². The molecular weight excluding hydrogens is 244 g/mol. The highest BCUT2D eigenvalue weighted by Gasteiger charge is 2.12. The van der Waals surface area contributed by atoms with Crippen molar-refractivity contribution in [3.63, 3.8) is 0 Å². The molecule has 0 radical (unpaired) electrons. The van der Waals surface area contributed by atoms with Crippen LogP contribution in [0, 0.1) is 13.8 Å². The summed E-state index contributed by atoms with van der Waals surface area (Å²) >= 11 is 0. The molecule has 0 bridgehead atoms. The van der Waals surface area contributed by atoms with Gasteiger partial charge in [-0.1, -0.05) is 56.3 Å². The molecule has 0 aliphatic heterocycles. The first kappa shape index (κ1) is 14.8. The molecule has 0 spiro atoms. The number of benzene rings is 2. The van der Waals surface area contributed by atoms with Crippen molar-refractivity contribution in [2.45, 2.75) is 46.1 Å². The molecular formula is C19H24O. The van der Waals surface area contributed by atoms with Gasteiger partial charge in [-0.2, -0.15) is 0 Å². The monoisotopic (exact) mass is 268 g/mol. The minimum atomic E-state index is -0.541. The third kappa shape index (κ3) is 3.10. The van der Waals surface area contributed by atoms with E-state index in [4.69, 9.17) is 0 Å². The molecule has 0 heterocycles. The standard InChI is InChI=1S/C19H24O/c1-5-13(2)16-8-10-17(11-9-16)19(20)18-7-6-14(3)15(4)12-18/h6-13,19-20H,5H2,1-4H3. The second-order valence-electron chi connectivity index (χ2n) is 5.72. The number of aliphatic hydroxyl groups is 1. The molecule has 2 rings (SSSR count). The summed E-state index contributed by atoms with van der Waals surface area (Å²) in [7, 11) is 0. The van der Waals surface area contributed by atoms with Crippen molar-refractivity contribution in [1.82, 2.24) is 0 Å². The van der Waals surface area contributed by atoms with Crippen LogP contribution in [0.5, 0.6) is 0 Å². The van der Waals surface area contributed by atoms with Crippen LogP contribution in [0.2, 0.25) is 0 Å². The minimum absolute atomic E-state index is 0.541. The molecule has 0 fully saturated rings. The quantitative estimate of drug-likeness (QED) is 0.836. The Morgan fingerprint density at radius 1 is 0.850 bits per heavy atom. The van der Waals surface area contributed by atoms with Gasteiger partial charge in [0.05, 0.1) is 0 Å². The van der Waals surface area contributed by atoms with E-state index in [1.165, 1.54) is 16.7 Å². The molecule has 20 heavy (non-hydrogen) atoms. The number of aryl methyl sites for hydroxylation is 2. The average Bonchev–Trinajstić information content (AvgIpc) is 2.48.